The van der Waals surface area contributed by atoms with Crippen LogP contribution in [0.1, 0.15) is 10.4 Å². The van der Waals surface area contributed by atoms with Crippen LogP contribution in [0.2, 0.25) is 0 Å². The molecule has 1 aromatic carbocycles. The van der Waals surface area contributed by atoms with Gasteiger partial charge in [0, 0.05) is 16.5 Å². The zero-order valence-electron chi connectivity index (χ0n) is 7.58. The minimum absolute atomic E-state index is 0. The number of nitrogens with zero attached hydrogens (tertiary/aromatic N) is 2. The Labute approximate surface area is 96.7 Å². The average molecular weight is 242 g/mol. The van der Waals surface area contributed by atoms with Crippen molar-refractivity contribution in [2.45, 2.75) is 0 Å². The minimum atomic E-state index is -0.423. The zero-order valence-corrected chi connectivity index (χ0v) is 9.22. The fourth-order valence-corrected chi connectivity index (χ4v) is 1.56. The molecule has 4 nitrogen and oxygen atoms in total. The fraction of sp³-hybridized carbons (Fsp3) is 0. The van der Waals surface area contributed by atoms with Crippen molar-refractivity contribution in [1.29, 1.82) is 0 Å². The van der Waals surface area contributed by atoms with Gasteiger partial charge >= 0.3 is 0 Å². The van der Waals surface area contributed by atoms with E-state index in [0.717, 1.165) is 11.3 Å². The van der Waals surface area contributed by atoms with Gasteiger partial charge in [0.2, 0.25) is 5.91 Å². The molecule has 0 bridgehead atoms. The summed E-state index contributed by atoms with van der Waals surface area (Å²) in [6.07, 6.45) is 0. The van der Waals surface area contributed by atoms with Crippen LogP contribution in [0.25, 0.3) is 11.3 Å². The van der Waals surface area contributed by atoms with Gasteiger partial charge in [0.25, 0.3) is 0 Å². The lowest BCUT2D eigenvalue weighted by Crippen LogP contribution is -2.10. The number of nitrogens with two attached hydrogens (primary N) is 1. The molecule has 0 saturated carbocycles. The molecule has 0 unspecified atom stereocenters. The lowest BCUT2D eigenvalue weighted by molar-refractivity contribution is 0.100. The van der Waals surface area contributed by atoms with E-state index in [0.29, 0.717) is 5.56 Å². The van der Waals surface area contributed by atoms with Gasteiger partial charge in [0.05, 0.1) is 0 Å². The Morgan fingerprint density at radius 2 is 1.93 bits per heavy atom. The van der Waals surface area contributed by atoms with E-state index in [1.54, 1.807) is 24.3 Å². The lowest BCUT2D eigenvalue weighted by Gasteiger charge is -1.97. The molecule has 0 radical (unpaired) electrons. The Morgan fingerprint density at radius 1 is 1.27 bits per heavy atom. The summed E-state index contributed by atoms with van der Waals surface area (Å²) in [6.45, 7) is 0. The van der Waals surface area contributed by atoms with Crippen LogP contribution >= 0.6 is 23.9 Å². The summed E-state index contributed by atoms with van der Waals surface area (Å²) in [5.74, 6) is -0.423. The number of aromatic nitrogens is 2. The topological polar surface area (TPSA) is 68.9 Å². The van der Waals surface area contributed by atoms with Crippen molar-refractivity contribution in [1.82, 2.24) is 9.59 Å². The van der Waals surface area contributed by atoms with Crippen LogP contribution in [0.5, 0.6) is 0 Å². The molecule has 1 heterocycles. The van der Waals surface area contributed by atoms with Crippen LogP contribution in [0.4, 0.5) is 0 Å². The zero-order chi connectivity index (χ0) is 9.97. The molecule has 0 atom stereocenters. The van der Waals surface area contributed by atoms with Crippen molar-refractivity contribution in [3.8, 4) is 11.3 Å². The molecule has 2 rings (SSSR count). The highest BCUT2D eigenvalue weighted by molar-refractivity contribution is 7.03. The van der Waals surface area contributed by atoms with Gasteiger partial charge in [0.15, 0.2) is 0 Å². The van der Waals surface area contributed by atoms with Crippen molar-refractivity contribution in [2.75, 3.05) is 0 Å². The van der Waals surface area contributed by atoms with E-state index in [9.17, 15) is 4.79 Å². The molecule has 0 saturated heterocycles. The molecular formula is C9H8ClN3OS. The van der Waals surface area contributed by atoms with Crippen molar-refractivity contribution in [3.05, 3.63) is 35.2 Å². The van der Waals surface area contributed by atoms with Gasteiger partial charge in [-0.15, -0.1) is 17.5 Å². The third kappa shape index (κ3) is 2.51. The molecule has 15 heavy (non-hydrogen) atoms. The van der Waals surface area contributed by atoms with Crippen molar-refractivity contribution >= 4 is 29.8 Å². The van der Waals surface area contributed by atoms with E-state index >= 15 is 0 Å². The number of amides is 1. The highest BCUT2D eigenvalue weighted by Gasteiger charge is 2.02. The third-order valence-electron chi connectivity index (χ3n) is 1.83. The molecule has 1 aromatic heterocycles. The second-order valence-corrected chi connectivity index (χ2v) is 3.34. The first-order chi connectivity index (χ1) is 6.77. The maximum absolute atomic E-state index is 10.8. The molecule has 78 valence electrons. The average Bonchev–Trinajstić information content (AvgIpc) is 2.71. The van der Waals surface area contributed by atoms with Gasteiger partial charge in [-0.2, -0.15) is 0 Å². The van der Waals surface area contributed by atoms with E-state index < -0.39 is 5.91 Å². The molecule has 1 amide bonds. The number of carbonyl (C=O) groups excluding carboxylic acids is 1. The molecule has 6 heteroatoms. The van der Waals surface area contributed by atoms with Gasteiger partial charge in [-0.25, -0.2) is 0 Å². The predicted octanol–water partition coefficient (Wildman–Crippen LogP) is 1.73. The molecular weight excluding hydrogens is 234 g/mol. The molecule has 2 N–H and O–H groups in total. The van der Waals surface area contributed by atoms with E-state index in [4.69, 9.17) is 5.73 Å². The van der Waals surface area contributed by atoms with Gasteiger partial charge in [0.1, 0.15) is 5.69 Å². The standard InChI is InChI=1S/C9H7N3OS.ClH/c10-9(13)7-3-1-6(2-4-7)8-5-14-12-11-8;/h1-5H,(H2,10,13);1H. The first kappa shape index (κ1) is 11.6. The Morgan fingerprint density at radius 3 is 2.40 bits per heavy atom. The van der Waals surface area contributed by atoms with E-state index in [2.05, 4.69) is 9.59 Å². The monoisotopic (exact) mass is 241 g/mol. The highest BCUT2D eigenvalue weighted by Crippen LogP contribution is 2.17. The number of rotatable bonds is 2. The molecule has 0 aliphatic heterocycles. The fourth-order valence-electron chi connectivity index (χ4n) is 1.10. The van der Waals surface area contributed by atoms with Crippen LogP contribution in [0.15, 0.2) is 29.6 Å². The predicted molar refractivity (Wildman–Crippen MR) is 61.1 cm³/mol. The maximum atomic E-state index is 10.8. The second kappa shape index (κ2) is 4.86. The number of carbonyl (C=O) groups is 1. The summed E-state index contributed by atoms with van der Waals surface area (Å²) in [5, 5.41) is 5.76. The van der Waals surface area contributed by atoms with Crippen molar-refractivity contribution < 1.29 is 4.79 Å². The van der Waals surface area contributed by atoms with Crippen molar-refractivity contribution in [3.63, 3.8) is 0 Å². The summed E-state index contributed by atoms with van der Waals surface area (Å²) >= 11 is 1.29. The molecule has 0 spiro atoms. The normalized spacial score (nSPS) is 9.33. The highest BCUT2D eigenvalue weighted by atomic mass is 35.5. The summed E-state index contributed by atoms with van der Waals surface area (Å²) in [7, 11) is 0. The number of primary amides is 1. The Kier molecular flexibility index (Phi) is 3.76. The number of benzene rings is 1. The molecule has 0 aliphatic rings. The van der Waals surface area contributed by atoms with E-state index in [1.165, 1.54) is 11.5 Å². The Bertz CT molecular complexity index is 441. The van der Waals surface area contributed by atoms with Crippen LogP contribution in [-0.4, -0.2) is 15.5 Å². The maximum Gasteiger partial charge on any atom is 0.248 e. The first-order valence-corrected chi connectivity index (χ1v) is 4.78. The minimum Gasteiger partial charge on any atom is -0.366 e. The summed E-state index contributed by atoms with van der Waals surface area (Å²) in [4.78, 5) is 10.8. The van der Waals surface area contributed by atoms with Crippen LogP contribution in [0.3, 0.4) is 0 Å². The van der Waals surface area contributed by atoms with Crippen molar-refractivity contribution in [2.24, 2.45) is 5.73 Å². The molecule has 0 aliphatic carbocycles. The van der Waals surface area contributed by atoms with Crippen LogP contribution < -0.4 is 5.73 Å². The number of hydrogen-bond acceptors (Lipinski definition) is 4. The summed E-state index contributed by atoms with van der Waals surface area (Å²) in [6, 6.07) is 6.96. The second-order valence-electron chi connectivity index (χ2n) is 2.73. The summed E-state index contributed by atoms with van der Waals surface area (Å²) < 4.78 is 3.76. The molecule has 0 fully saturated rings. The quantitative estimate of drug-likeness (QED) is 0.871. The van der Waals surface area contributed by atoms with E-state index in [1.807, 2.05) is 5.38 Å². The largest absolute Gasteiger partial charge is 0.366 e. The Hall–Kier alpha value is -1.46. The third-order valence-corrected chi connectivity index (χ3v) is 2.33. The van der Waals surface area contributed by atoms with Gasteiger partial charge in [-0.05, 0) is 23.7 Å². The SMILES string of the molecule is Cl.NC(=O)c1ccc(-c2csnn2)cc1. The molecule has 2 aromatic rings. The Balaban J connectivity index is 0.00000112. The van der Waals surface area contributed by atoms with Crippen LogP contribution in [-0.2, 0) is 0 Å². The number of hydrogen-bond donors (Lipinski definition) is 1. The summed E-state index contributed by atoms with van der Waals surface area (Å²) in [5.41, 5.74) is 7.36. The smallest absolute Gasteiger partial charge is 0.248 e. The number of halogens is 1. The van der Waals surface area contributed by atoms with Gasteiger partial charge in [-0.1, -0.05) is 16.6 Å². The van der Waals surface area contributed by atoms with Gasteiger partial charge < -0.3 is 5.73 Å². The van der Waals surface area contributed by atoms with E-state index in [-0.39, 0.29) is 12.4 Å². The van der Waals surface area contributed by atoms with Crippen LogP contribution in [0, 0.1) is 0 Å². The van der Waals surface area contributed by atoms with Gasteiger partial charge in [-0.3, -0.25) is 4.79 Å². The first-order valence-electron chi connectivity index (χ1n) is 3.94. The lowest BCUT2D eigenvalue weighted by atomic mass is 10.1.